The van der Waals surface area contributed by atoms with Crippen LogP contribution in [-0.4, -0.2) is 33.1 Å². The van der Waals surface area contributed by atoms with Crippen molar-refractivity contribution in [2.24, 2.45) is 0 Å². The van der Waals surface area contributed by atoms with Crippen molar-refractivity contribution < 1.29 is 9.59 Å². The van der Waals surface area contributed by atoms with Crippen molar-refractivity contribution in [3.8, 4) is 0 Å². The Morgan fingerprint density at radius 2 is 1.69 bits per heavy atom. The second kappa shape index (κ2) is 9.54. The first-order chi connectivity index (χ1) is 17.0. The number of hydrogen-bond donors (Lipinski definition) is 1. The number of rotatable bonds is 6. The Kier molecular flexibility index (Phi) is 6.14. The molecule has 0 saturated carbocycles. The molecule has 176 valence electrons. The number of fused-ring (bicyclic) bond motifs is 1. The highest BCUT2D eigenvalue weighted by Crippen LogP contribution is 2.40. The fourth-order valence-corrected chi connectivity index (χ4v) is 4.33. The third kappa shape index (κ3) is 4.57. The molecule has 7 heteroatoms. The molecular formula is C28H27N5O2. The van der Waals surface area contributed by atoms with E-state index in [1.807, 2.05) is 91.3 Å². The summed E-state index contributed by atoms with van der Waals surface area (Å²) in [7, 11) is 0. The smallest absolute Gasteiger partial charge is 0.258 e. The van der Waals surface area contributed by atoms with Gasteiger partial charge in [0.15, 0.2) is 5.82 Å². The molecule has 7 nitrogen and oxygen atoms in total. The Morgan fingerprint density at radius 3 is 2.37 bits per heavy atom. The largest absolute Gasteiger partial charge is 0.348 e. The molecule has 1 aliphatic heterocycles. The van der Waals surface area contributed by atoms with E-state index in [1.54, 1.807) is 17.3 Å². The number of carbonyl (C=O) groups excluding carboxylic acids is 2. The van der Waals surface area contributed by atoms with Crippen molar-refractivity contribution in [2.45, 2.75) is 32.4 Å². The summed E-state index contributed by atoms with van der Waals surface area (Å²) in [6.07, 6.45) is 1.72. The van der Waals surface area contributed by atoms with Gasteiger partial charge in [0.05, 0.1) is 5.92 Å². The molecule has 5 rings (SSSR count). The van der Waals surface area contributed by atoms with E-state index in [9.17, 15) is 9.59 Å². The first kappa shape index (κ1) is 22.5. The topological polar surface area (TPSA) is 80.1 Å². The van der Waals surface area contributed by atoms with Gasteiger partial charge in [-0.3, -0.25) is 14.3 Å². The first-order valence-electron chi connectivity index (χ1n) is 11.8. The van der Waals surface area contributed by atoms with Gasteiger partial charge in [-0.05, 0) is 55.3 Å². The highest BCUT2D eigenvalue weighted by atomic mass is 16.2. The maximum absolute atomic E-state index is 13.4. The Bertz CT molecular complexity index is 1350. The summed E-state index contributed by atoms with van der Waals surface area (Å²) in [6.45, 7) is 4.95. The molecule has 0 unspecified atom stereocenters. The van der Waals surface area contributed by atoms with E-state index in [2.05, 4.69) is 15.4 Å². The van der Waals surface area contributed by atoms with Crippen LogP contribution in [-0.2, 0) is 6.54 Å². The standard InChI is InChI=1S/C28H27N5O2/c1-19(2)33-18-30-26(31-33)24-17-32(28(35)21-11-7-4-8-12-21)25-14-13-22(15-23(24)25)27(34)29-16-20-9-5-3-6-10-20/h3-15,18-19,24H,16-17H2,1-2H3,(H,29,34)/t24-/m1/s1. The highest BCUT2D eigenvalue weighted by molar-refractivity contribution is 6.08. The summed E-state index contributed by atoms with van der Waals surface area (Å²) in [5.41, 5.74) is 3.85. The van der Waals surface area contributed by atoms with Crippen LogP contribution in [0.2, 0.25) is 0 Å². The molecule has 1 aliphatic rings. The number of amides is 2. The van der Waals surface area contributed by atoms with Crippen molar-refractivity contribution in [1.29, 1.82) is 0 Å². The molecule has 4 aromatic rings. The van der Waals surface area contributed by atoms with Gasteiger partial charge in [0.1, 0.15) is 6.33 Å². The van der Waals surface area contributed by atoms with Crippen LogP contribution in [0, 0.1) is 0 Å². The normalized spacial score (nSPS) is 14.7. The minimum Gasteiger partial charge on any atom is -0.348 e. The lowest BCUT2D eigenvalue weighted by atomic mass is 9.98. The van der Waals surface area contributed by atoms with Crippen molar-refractivity contribution in [3.63, 3.8) is 0 Å². The van der Waals surface area contributed by atoms with Gasteiger partial charge in [-0.1, -0.05) is 48.5 Å². The van der Waals surface area contributed by atoms with Crippen molar-refractivity contribution in [3.05, 3.63) is 113 Å². The molecule has 3 aromatic carbocycles. The van der Waals surface area contributed by atoms with Crippen LogP contribution < -0.4 is 10.2 Å². The third-order valence-corrected chi connectivity index (χ3v) is 6.25. The summed E-state index contributed by atoms with van der Waals surface area (Å²) in [5, 5.41) is 7.66. The number of carbonyl (C=O) groups is 2. The van der Waals surface area contributed by atoms with Gasteiger partial charge < -0.3 is 10.2 Å². The molecule has 2 amide bonds. The van der Waals surface area contributed by atoms with E-state index in [4.69, 9.17) is 0 Å². The number of hydrogen-bond acceptors (Lipinski definition) is 4. The van der Waals surface area contributed by atoms with E-state index in [1.165, 1.54) is 0 Å². The van der Waals surface area contributed by atoms with Gasteiger partial charge in [0.2, 0.25) is 0 Å². The molecule has 0 spiro atoms. The summed E-state index contributed by atoms with van der Waals surface area (Å²) >= 11 is 0. The Labute approximate surface area is 204 Å². The summed E-state index contributed by atoms with van der Waals surface area (Å²) < 4.78 is 1.81. The zero-order chi connectivity index (χ0) is 24.4. The maximum atomic E-state index is 13.4. The molecule has 1 atom stereocenters. The monoisotopic (exact) mass is 465 g/mol. The van der Waals surface area contributed by atoms with Gasteiger partial charge in [-0.25, -0.2) is 4.98 Å². The molecule has 0 aliphatic carbocycles. The minimum atomic E-state index is -0.223. The number of aromatic nitrogens is 3. The zero-order valence-electron chi connectivity index (χ0n) is 19.8. The zero-order valence-corrected chi connectivity index (χ0v) is 19.8. The molecular weight excluding hydrogens is 438 g/mol. The Morgan fingerprint density at radius 1 is 0.971 bits per heavy atom. The van der Waals surface area contributed by atoms with E-state index < -0.39 is 0 Å². The van der Waals surface area contributed by atoms with Crippen molar-refractivity contribution in [1.82, 2.24) is 20.1 Å². The molecule has 0 bridgehead atoms. The summed E-state index contributed by atoms with van der Waals surface area (Å²) in [4.78, 5) is 32.7. The number of nitrogens with zero attached hydrogens (tertiary/aromatic N) is 4. The second-order valence-electron chi connectivity index (χ2n) is 8.95. The predicted molar refractivity (Wildman–Crippen MR) is 134 cm³/mol. The molecule has 1 aromatic heterocycles. The van der Waals surface area contributed by atoms with Gasteiger partial charge in [0.25, 0.3) is 11.8 Å². The van der Waals surface area contributed by atoms with Crippen LogP contribution in [0.5, 0.6) is 0 Å². The van der Waals surface area contributed by atoms with Crippen LogP contribution in [0.15, 0.2) is 85.2 Å². The fraction of sp³-hybridized carbons (Fsp3) is 0.214. The molecule has 0 fully saturated rings. The Hall–Kier alpha value is -4.26. The lowest BCUT2D eigenvalue weighted by Gasteiger charge is -2.18. The van der Waals surface area contributed by atoms with E-state index in [-0.39, 0.29) is 23.8 Å². The van der Waals surface area contributed by atoms with Crippen molar-refractivity contribution >= 4 is 17.5 Å². The third-order valence-electron chi connectivity index (χ3n) is 6.25. The van der Waals surface area contributed by atoms with Crippen LogP contribution >= 0.6 is 0 Å². The van der Waals surface area contributed by atoms with E-state index in [0.717, 1.165) is 16.8 Å². The van der Waals surface area contributed by atoms with Gasteiger partial charge in [-0.2, -0.15) is 5.10 Å². The number of anilines is 1. The average Bonchev–Trinajstić information content (AvgIpc) is 3.53. The SMILES string of the molecule is CC(C)n1cnc([C@@H]2CN(C(=O)c3ccccc3)c3ccc(C(=O)NCc4ccccc4)cc32)n1. The van der Waals surface area contributed by atoms with Gasteiger partial charge in [0, 0.05) is 35.9 Å². The fourth-order valence-electron chi connectivity index (χ4n) is 4.33. The van der Waals surface area contributed by atoms with E-state index in [0.29, 0.717) is 30.0 Å². The lowest BCUT2D eigenvalue weighted by Crippen LogP contribution is -2.30. The molecule has 0 saturated heterocycles. The van der Waals surface area contributed by atoms with Crippen LogP contribution in [0.1, 0.15) is 63.5 Å². The lowest BCUT2D eigenvalue weighted by molar-refractivity contribution is 0.0949. The molecule has 2 heterocycles. The minimum absolute atomic E-state index is 0.0843. The summed E-state index contributed by atoms with van der Waals surface area (Å²) in [5.74, 6) is 0.174. The molecule has 35 heavy (non-hydrogen) atoms. The Balaban J connectivity index is 1.47. The van der Waals surface area contributed by atoms with Gasteiger partial charge in [-0.15, -0.1) is 0 Å². The number of benzene rings is 3. The highest BCUT2D eigenvalue weighted by Gasteiger charge is 2.36. The first-order valence-corrected chi connectivity index (χ1v) is 11.8. The summed E-state index contributed by atoms with van der Waals surface area (Å²) in [6, 6.07) is 24.7. The average molecular weight is 466 g/mol. The maximum Gasteiger partial charge on any atom is 0.258 e. The molecule has 1 N–H and O–H groups in total. The van der Waals surface area contributed by atoms with Crippen molar-refractivity contribution in [2.75, 3.05) is 11.4 Å². The van der Waals surface area contributed by atoms with E-state index >= 15 is 0 Å². The number of nitrogens with one attached hydrogen (secondary N) is 1. The quantitative estimate of drug-likeness (QED) is 0.452. The van der Waals surface area contributed by atoms with Crippen LogP contribution in [0.4, 0.5) is 5.69 Å². The predicted octanol–water partition coefficient (Wildman–Crippen LogP) is 4.58. The van der Waals surface area contributed by atoms with Crippen LogP contribution in [0.3, 0.4) is 0 Å². The van der Waals surface area contributed by atoms with Crippen LogP contribution in [0.25, 0.3) is 0 Å². The second-order valence-corrected chi connectivity index (χ2v) is 8.95. The van der Waals surface area contributed by atoms with Gasteiger partial charge >= 0.3 is 0 Å². The molecule has 0 radical (unpaired) electrons.